The van der Waals surface area contributed by atoms with Crippen molar-refractivity contribution in [3.63, 3.8) is 0 Å². The lowest BCUT2D eigenvalue weighted by Crippen LogP contribution is -2.23. The monoisotopic (exact) mass is 403 g/mol. The van der Waals surface area contributed by atoms with Crippen LogP contribution in [0.5, 0.6) is 0 Å². The first-order valence-corrected chi connectivity index (χ1v) is 9.86. The molecule has 1 N–H and O–H groups in total. The van der Waals surface area contributed by atoms with Crippen molar-refractivity contribution in [1.82, 2.24) is 15.2 Å². The summed E-state index contributed by atoms with van der Waals surface area (Å²) in [7, 11) is 0. The first kappa shape index (κ1) is 18.7. The summed E-state index contributed by atoms with van der Waals surface area (Å²) in [5.41, 5.74) is 1.88. The van der Waals surface area contributed by atoms with Crippen molar-refractivity contribution < 1.29 is 4.92 Å². The van der Waals surface area contributed by atoms with Crippen LogP contribution in [0.1, 0.15) is 10.6 Å². The summed E-state index contributed by atoms with van der Waals surface area (Å²) in [5, 5.41) is 25.1. The van der Waals surface area contributed by atoms with Gasteiger partial charge in [-0.1, -0.05) is 42.5 Å². The molecule has 4 rings (SSSR count). The number of thiazole rings is 1. The Balaban J connectivity index is 1.73. The highest BCUT2D eigenvalue weighted by atomic mass is 32.1. The Bertz CT molecular complexity index is 1130. The second kappa shape index (κ2) is 8.12. The summed E-state index contributed by atoms with van der Waals surface area (Å²) in [6, 6.07) is 19.4. The molecule has 1 saturated heterocycles. The van der Waals surface area contributed by atoms with Gasteiger partial charge in [-0.05, 0) is 17.7 Å². The Hall–Kier alpha value is -3.70. The first-order chi connectivity index (χ1) is 14.2. The molecule has 0 saturated carbocycles. The zero-order valence-electron chi connectivity index (χ0n) is 15.4. The van der Waals surface area contributed by atoms with Crippen LogP contribution in [-0.2, 0) is 6.54 Å². The summed E-state index contributed by atoms with van der Waals surface area (Å²) >= 11 is 1.35. The number of nitrogens with one attached hydrogen (secondary N) is 1. The van der Waals surface area contributed by atoms with Gasteiger partial charge >= 0.3 is 5.70 Å². The first-order valence-electron chi connectivity index (χ1n) is 9.05. The highest BCUT2D eigenvalue weighted by molar-refractivity contribution is 7.19. The van der Waals surface area contributed by atoms with E-state index in [-0.39, 0.29) is 11.3 Å². The Labute approximate surface area is 171 Å². The van der Waals surface area contributed by atoms with Gasteiger partial charge in [0.25, 0.3) is 0 Å². The third-order valence-corrected chi connectivity index (χ3v) is 5.64. The normalized spacial score (nSPS) is 15.8. The molecule has 1 aliphatic heterocycles. The zero-order valence-corrected chi connectivity index (χ0v) is 16.2. The maximum absolute atomic E-state index is 11.8. The Kier molecular flexibility index (Phi) is 5.22. The molecule has 0 atom stereocenters. The maximum Gasteiger partial charge on any atom is 0.310 e. The lowest BCUT2D eigenvalue weighted by Gasteiger charge is -2.18. The molecule has 1 aromatic heterocycles. The van der Waals surface area contributed by atoms with Crippen molar-refractivity contribution >= 4 is 27.1 Å². The molecule has 0 radical (unpaired) electrons. The molecule has 2 aromatic carbocycles. The summed E-state index contributed by atoms with van der Waals surface area (Å²) in [6.45, 7) is 1.81. The van der Waals surface area contributed by atoms with Crippen molar-refractivity contribution in [3.05, 3.63) is 92.9 Å². The van der Waals surface area contributed by atoms with Crippen LogP contribution in [0, 0.1) is 21.4 Å². The van der Waals surface area contributed by atoms with Crippen LogP contribution in [0.3, 0.4) is 0 Å². The zero-order chi connectivity index (χ0) is 20.2. The second-order valence-electron chi connectivity index (χ2n) is 6.48. The van der Waals surface area contributed by atoms with Gasteiger partial charge in [-0.15, -0.1) is 11.3 Å². The van der Waals surface area contributed by atoms with E-state index in [1.54, 1.807) is 0 Å². The summed E-state index contributed by atoms with van der Waals surface area (Å²) in [4.78, 5) is 17.8. The molecule has 0 aliphatic carbocycles. The van der Waals surface area contributed by atoms with Gasteiger partial charge < -0.3 is 10.2 Å². The van der Waals surface area contributed by atoms with Gasteiger partial charge in [-0.2, -0.15) is 5.26 Å². The molecular weight excluding hydrogens is 386 g/mol. The van der Waals surface area contributed by atoms with E-state index in [4.69, 9.17) is 0 Å². The Morgan fingerprint density at radius 3 is 2.76 bits per heavy atom. The van der Waals surface area contributed by atoms with Crippen LogP contribution in [0.4, 0.5) is 0 Å². The average molecular weight is 403 g/mol. The van der Waals surface area contributed by atoms with Crippen LogP contribution in [0.2, 0.25) is 0 Å². The number of benzene rings is 2. The van der Waals surface area contributed by atoms with Crippen LogP contribution < -0.4 is 5.32 Å². The van der Waals surface area contributed by atoms with E-state index in [1.165, 1.54) is 17.4 Å². The molecule has 29 heavy (non-hydrogen) atoms. The molecule has 1 fully saturated rings. The molecular formula is C21H17N5O2S. The smallest absolute Gasteiger partial charge is 0.310 e. The van der Waals surface area contributed by atoms with Crippen molar-refractivity contribution in [2.45, 2.75) is 6.54 Å². The second-order valence-corrected chi connectivity index (χ2v) is 7.51. The number of fused-ring (bicyclic) bond motifs is 1. The van der Waals surface area contributed by atoms with Gasteiger partial charge in [0.05, 0.1) is 20.7 Å². The Morgan fingerprint density at radius 2 is 2.03 bits per heavy atom. The fourth-order valence-electron chi connectivity index (χ4n) is 3.22. The van der Waals surface area contributed by atoms with Crippen LogP contribution in [0.25, 0.3) is 15.8 Å². The van der Waals surface area contributed by atoms with Crippen LogP contribution in [0.15, 0.2) is 72.2 Å². The molecule has 0 amide bonds. The van der Waals surface area contributed by atoms with Crippen molar-refractivity contribution in [2.24, 2.45) is 0 Å². The van der Waals surface area contributed by atoms with Gasteiger partial charge in [0.15, 0.2) is 5.82 Å². The van der Waals surface area contributed by atoms with E-state index in [2.05, 4.69) is 16.4 Å². The molecule has 2 heterocycles. The van der Waals surface area contributed by atoms with Crippen molar-refractivity contribution in [2.75, 3.05) is 13.1 Å². The molecule has 0 bridgehead atoms. The van der Waals surface area contributed by atoms with Crippen molar-refractivity contribution in [1.29, 1.82) is 5.26 Å². The summed E-state index contributed by atoms with van der Waals surface area (Å²) < 4.78 is 0.934. The number of nitro groups is 1. The van der Waals surface area contributed by atoms with Crippen molar-refractivity contribution in [3.8, 4) is 6.07 Å². The van der Waals surface area contributed by atoms with Gasteiger partial charge in [-0.25, -0.2) is 4.98 Å². The third kappa shape index (κ3) is 3.95. The predicted octanol–water partition coefficient (Wildman–Crippen LogP) is 3.75. The molecule has 3 aromatic rings. The number of hydrogen-bond donors (Lipinski definition) is 1. The van der Waals surface area contributed by atoms with E-state index in [0.29, 0.717) is 30.5 Å². The number of nitriles is 1. The maximum atomic E-state index is 11.8. The third-order valence-electron chi connectivity index (χ3n) is 4.57. The molecule has 1 aliphatic rings. The lowest BCUT2D eigenvalue weighted by molar-refractivity contribution is -0.421. The highest BCUT2D eigenvalue weighted by Gasteiger charge is 2.27. The topological polar surface area (TPSA) is 95.1 Å². The van der Waals surface area contributed by atoms with E-state index >= 15 is 0 Å². The van der Waals surface area contributed by atoms with E-state index in [0.717, 1.165) is 15.8 Å². The molecule has 144 valence electrons. The summed E-state index contributed by atoms with van der Waals surface area (Å²) in [5.74, 6) is 0.424. The SMILES string of the molecule is N#C/C(=C\C(=C1\NCCN1Cc1ccccc1)[N+](=O)[O-])c1nc2ccccc2s1. The van der Waals surface area contributed by atoms with Gasteiger partial charge in [0, 0.05) is 25.7 Å². The number of rotatable bonds is 5. The van der Waals surface area contributed by atoms with E-state index < -0.39 is 4.92 Å². The minimum atomic E-state index is -0.448. The molecule has 0 spiro atoms. The van der Waals surface area contributed by atoms with Crippen LogP contribution in [-0.4, -0.2) is 27.9 Å². The molecule has 0 unspecified atom stereocenters. The van der Waals surface area contributed by atoms with E-state index in [9.17, 15) is 15.4 Å². The number of hydrogen-bond acceptors (Lipinski definition) is 7. The summed E-state index contributed by atoms with van der Waals surface area (Å²) in [6.07, 6.45) is 1.32. The van der Waals surface area contributed by atoms with Gasteiger partial charge in [0.2, 0.25) is 0 Å². The number of nitrogens with zero attached hydrogens (tertiary/aromatic N) is 4. The van der Waals surface area contributed by atoms with Gasteiger partial charge in [-0.3, -0.25) is 10.1 Å². The fraction of sp³-hybridized carbons (Fsp3) is 0.143. The number of allylic oxidation sites excluding steroid dienone is 2. The minimum Gasteiger partial charge on any atom is -0.364 e. The van der Waals surface area contributed by atoms with Crippen LogP contribution >= 0.6 is 11.3 Å². The quantitative estimate of drug-likeness (QED) is 0.396. The number of aromatic nitrogens is 1. The van der Waals surface area contributed by atoms with Gasteiger partial charge in [0.1, 0.15) is 11.1 Å². The Morgan fingerprint density at radius 1 is 1.28 bits per heavy atom. The number of para-hydroxylation sites is 1. The predicted molar refractivity (Wildman–Crippen MR) is 112 cm³/mol. The molecule has 8 heteroatoms. The van der Waals surface area contributed by atoms with E-state index in [1.807, 2.05) is 59.5 Å². The highest BCUT2D eigenvalue weighted by Crippen LogP contribution is 2.28. The lowest BCUT2D eigenvalue weighted by atomic mass is 10.2. The average Bonchev–Trinajstić information content (AvgIpc) is 3.36. The fourth-order valence-corrected chi connectivity index (χ4v) is 4.15. The largest absolute Gasteiger partial charge is 0.364 e. The molecule has 7 nitrogen and oxygen atoms in total. The minimum absolute atomic E-state index is 0.130. The standard InChI is InChI=1S/C21H17N5O2S/c22-13-16(21-24-17-8-4-5-9-19(17)29-21)12-18(26(27)28)20-23-10-11-25(20)14-15-6-2-1-3-7-15/h1-9,12,23H,10-11,14H2/b16-12+,20-18+.